The van der Waals surface area contributed by atoms with Crippen molar-refractivity contribution >= 4 is 11.3 Å². The van der Waals surface area contributed by atoms with E-state index in [9.17, 15) is 0 Å². The quantitative estimate of drug-likeness (QED) is 0.740. The zero-order chi connectivity index (χ0) is 15.6. The Labute approximate surface area is 139 Å². The fourth-order valence-electron chi connectivity index (χ4n) is 2.95. The Hall–Kier alpha value is -2.11. The van der Waals surface area contributed by atoms with Crippen LogP contribution >= 0.6 is 11.3 Å². The Morgan fingerprint density at radius 1 is 1.17 bits per heavy atom. The van der Waals surface area contributed by atoms with Gasteiger partial charge in [-0.15, -0.1) is 11.3 Å². The first kappa shape index (κ1) is 14.5. The standard InChI is InChI=1S/C18H18N4S/c1-13-20-16(12-23-13)11-22-8-7-17-15(10-22)9-19-18(21-17)14-5-3-2-4-6-14/h2-6,9,12H,7-8,10-11H2,1H3. The number of rotatable bonds is 3. The maximum absolute atomic E-state index is 4.78. The van der Waals surface area contributed by atoms with E-state index in [1.54, 1.807) is 11.3 Å². The van der Waals surface area contributed by atoms with Gasteiger partial charge in [-0.2, -0.15) is 0 Å². The highest BCUT2D eigenvalue weighted by molar-refractivity contribution is 7.09. The molecule has 3 aromatic rings. The average Bonchev–Trinajstić information content (AvgIpc) is 3.00. The van der Waals surface area contributed by atoms with E-state index in [2.05, 4.69) is 39.3 Å². The monoisotopic (exact) mass is 322 g/mol. The molecule has 4 nitrogen and oxygen atoms in total. The minimum atomic E-state index is 0.827. The molecule has 23 heavy (non-hydrogen) atoms. The summed E-state index contributed by atoms with van der Waals surface area (Å²) in [5.74, 6) is 0.827. The Morgan fingerprint density at radius 3 is 2.83 bits per heavy atom. The molecule has 4 rings (SSSR count). The maximum Gasteiger partial charge on any atom is 0.159 e. The molecule has 0 aliphatic carbocycles. The molecular weight excluding hydrogens is 304 g/mol. The largest absolute Gasteiger partial charge is 0.293 e. The van der Waals surface area contributed by atoms with E-state index in [4.69, 9.17) is 4.98 Å². The second kappa shape index (κ2) is 6.18. The van der Waals surface area contributed by atoms with E-state index >= 15 is 0 Å². The van der Waals surface area contributed by atoms with E-state index < -0.39 is 0 Å². The number of benzene rings is 1. The first-order valence-corrected chi connectivity index (χ1v) is 8.69. The number of hydrogen-bond donors (Lipinski definition) is 0. The number of aryl methyl sites for hydroxylation is 1. The average molecular weight is 322 g/mol. The zero-order valence-corrected chi connectivity index (χ0v) is 13.9. The summed E-state index contributed by atoms with van der Waals surface area (Å²) in [6.07, 6.45) is 2.96. The molecule has 0 saturated heterocycles. The van der Waals surface area contributed by atoms with E-state index in [-0.39, 0.29) is 0 Å². The van der Waals surface area contributed by atoms with Gasteiger partial charge >= 0.3 is 0 Å². The third-order valence-corrected chi connectivity index (χ3v) is 4.92. The summed E-state index contributed by atoms with van der Waals surface area (Å²) < 4.78 is 0. The van der Waals surface area contributed by atoms with Gasteiger partial charge in [0.1, 0.15) is 0 Å². The molecule has 5 heteroatoms. The van der Waals surface area contributed by atoms with E-state index in [1.807, 2.05) is 24.4 Å². The fraction of sp³-hybridized carbons (Fsp3) is 0.278. The summed E-state index contributed by atoms with van der Waals surface area (Å²) in [6.45, 7) is 4.89. The zero-order valence-electron chi connectivity index (χ0n) is 13.1. The van der Waals surface area contributed by atoms with E-state index in [0.717, 1.165) is 48.1 Å². The van der Waals surface area contributed by atoms with Gasteiger partial charge in [0.25, 0.3) is 0 Å². The van der Waals surface area contributed by atoms with Crippen LogP contribution in [0.3, 0.4) is 0 Å². The molecule has 0 bridgehead atoms. The summed E-state index contributed by atoms with van der Waals surface area (Å²) in [5.41, 5.74) is 4.67. The number of nitrogens with zero attached hydrogens (tertiary/aromatic N) is 4. The lowest BCUT2D eigenvalue weighted by molar-refractivity contribution is 0.240. The van der Waals surface area contributed by atoms with Crippen molar-refractivity contribution in [1.29, 1.82) is 0 Å². The van der Waals surface area contributed by atoms with Gasteiger partial charge in [0, 0.05) is 48.8 Å². The molecule has 116 valence electrons. The van der Waals surface area contributed by atoms with Crippen molar-refractivity contribution in [2.75, 3.05) is 6.54 Å². The number of aromatic nitrogens is 3. The first-order valence-electron chi connectivity index (χ1n) is 7.81. The van der Waals surface area contributed by atoms with E-state index in [1.165, 1.54) is 11.3 Å². The summed E-state index contributed by atoms with van der Waals surface area (Å²) >= 11 is 1.72. The summed E-state index contributed by atoms with van der Waals surface area (Å²) in [6, 6.07) is 10.2. The smallest absolute Gasteiger partial charge is 0.159 e. The molecule has 0 fully saturated rings. The van der Waals surface area contributed by atoms with Crippen LogP contribution in [0.25, 0.3) is 11.4 Å². The van der Waals surface area contributed by atoms with Crippen molar-refractivity contribution < 1.29 is 0 Å². The van der Waals surface area contributed by atoms with Crippen molar-refractivity contribution in [3.8, 4) is 11.4 Å². The Kier molecular flexibility index (Phi) is 3.89. The van der Waals surface area contributed by atoms with Crippen molar-refractivity contribution in [2.45, 2.75) is 26.4 Å². The molecule has 1 aliphatic heterocycles. The van der Waals surface area contributed by atoms with Crippen molar-refractivity contribution in [3.05, 3.63) is 63.9 Å². The summed E-state index contributed by atoms with van der Waals surface area (Å²) in [4.78, 5) is 16.3. The summed E-state index contributed by atoms with van der Waals surface area (Å²) in [7, 11) is 0. The molecule has 0 amide bonds. The lowest BCUT2D eigenvalue weighted by atomic mass is 10.1. The molecule has 2 aromatic heterocycles. The Morgan fingerprint density at radius 2 is 2.04 bits per heavy atom. The van der Waals surface area contributed by atoms with Gasteiger partial charge in [-0.05, 0) is 6.92 Å². The molecule has 0 atom stereocenters. The van der Waals surface area contributed by atoms with Gasteiger partial charge in [-0.3, -0.25) is 4.90 Å². The van der Waals surface area contributed by atoms with Crippen LogP contribution in [0.4, 0.5) is 0 Å². The van der Waals surface area contributed by atoms with Crippen LogP contribution in [0, 0.1) is 6.92 Å². The maximum atomic E-state index is 4.78. The highest BCUT2D eigenvalue weighted by atomic mass is 32.1. The highest BCUT2D eigenvalue weighted by Gasteiger charge is 2.19. The minimum Gasteiger partial charge on any atom is -0.293 e. The van der Waals surface area contributed by atoms with Crippen LogP contribution in [0.15, 0.2) is 41.9 Å². The van der Waals surface area contributed by atoms with Gasteiger partial charge in [-0.25, -0.2) is 15.0 Å². The predicted octanol–water partition coefficient (Wildman–Crippen LogP) is 3.47. The van der Waals surface area contributed by atoms with Crippen LogP contribution in [0.5, 0.6) is 0 Å². The predicted molar refractivity (Wildman–Crippen MR) is 92.1 cm³/mol. The van der Waals surface area contributed by atoms with Gasteiger partial charge in [0.2, 0.25) is 0 Å². The number of fused-ring (bicyclic) bond motifs is 1. The molecule has 3 heterocycles. The molecular formula is C18H18N4S. The van der Waals surface area contributed by atoms with Crippen LogP contribution < -0.4 is 0 Å². The molecule has 1 aliphatic rings. The van der Waals surface area contributed by atoms with Crippen LogP contribution in [-0.2, 0) is 19.5 Å². The lowest BCUT2D eigenvalue weighted by Gasteiger charge is -2.27. The highest BCUT2D eigenvalue weighted by Crippen LogP contribution is 2.22. The Bertz CT molecular complexity index is 813. The number of thiazole rings is 1. The van der Waals surface area contributed by atoms with Crippen molar-refractivity contribution in [2.24, 2.45) is 0 Å². The molecule has 0 unspecified atom stereocenters. The van der Waals surface area contributed by atoms with Crippen LogP contribution in [-0.4, -0.2) is 26.4 Å². The second-order valence-electron chi connectivity index (χ2n) is 5.85. The molecule has 1 aromatic carbocycles. The van der Waals surface area contributed by atoms with Gasteiger partial charge in [0.05, 0.1) is 16.4 Å². The van der Waals surface area contributed by atoms with Crippen LogP contribution in [0.1, 0.15) is 22.0 Å². The van der Waals surface area contributed by atoms with Gasteiger partial charge < -0.3 is 0 Å². The molecule has 0 N–H and O–H groups in total. The summed E-state index contributed by atoms with van der Waals surface area (Å²) in [5, 5.41) is 3.29. The Balaban J connectivity index is 1.52. The van der Waals surface area contributed by atoms with E-state index in [0.29, 0.717) is 0 Å². The van der Waals surface area contributed by atoms with Crippen molar-refractivity contribution in [1.82, 2.24) is 19.9 Å². The second-order valence-corrected chi connectivity index (χ2v) is 6.91. The topological polar surface area (TPSA) is 41.9 Å². The molecule has 0 saturated carbocycles. The first-order chi connectivity index (χ1) is 11.3. The number of hydrogen-bond acceptors (Lipinski definition) is 5. The lowest BCUT2D eigenvalue weighted by Crippen LogP contribution is -2.31. The van der Waals surface area contributed by atoms with Crippen LogP contribution in [0.2, 0.25) is 0 Å². The van der Waals surface area contributed by atoms with Gasteiger partial charge in [-0.1, -0.05) is 30.3 Å². The molecule has 0 spiro atoms. The SMILES string of the molecule is Cc1nc(CN2CCc3nc(-c4ccccc4)ncc3C2)cs1. The van der Waals surface area contributed by atoms with Gasteiger partial charge in [0.15, 0.2) is 5.82 Å². The third kappa shape index (κ3) is 3.16. The fourth-order valence-corrected chi connectivity index (χ4v) is 3.55. The van der Waals surface area contributed by atoms with Crippen molar-refractivity contribution in [3.63, 3.8) is 0 Å². The minimum absolute atomic E-state index is 0.827. The third-order valence-electron chi connectivity index (χ3n) is 4.10. The molecule has 0 radical (unpaired) electrons. The normalized spacial score (nSPS) is 14.7.